The fraction of sp³-hybridized carbons (Fsp3) is 0.400. The van der Waals surface area contributed by atoms with Gasteiger partial charge in [-0.3, -0.25) is 4.99 Å². The molecule has 0 unspecified atom stereocenters. The largest absolute Gasteiger partial charge is 0.497 e. The molecule has 0 saturated carbocycles. The zero-order chi connectivity index (χ0) is 18.6. The van der Waals surface area contributed by atoms with Crippen molar-refractivity contribution in [3.8, 4) is 11.6 Å². The molecular formula is C20H29IN4O2. The average molecular weight is 484 g/mol. The van der Waals surface area contributed by atoms with Gasteiger partial charge < -0.3 is 20.1 Å². The molecule has 1 heterocycles. The SMILES string of the molecule is CCCCOc1ncccc1CNC(=NC)NCc1cccc(OC)c1.I. The topological polar surface area (TPSA) is 67.8 Å². The molecule has 27 heavy (non-hydrogen) atoms. The summed E-state index contributed by atoms with van der Waals surface area (Å²) in [4.78, 5) is 8.60. The molecule has 2 N–H and O–H groups in total. The van der Waals surface area contributed by atoms with Gasteiger partial charge in [0.2, 0.25) is 5.88 Å². The quantitative estimate of drug-likeness (QED) is 0.246. The Kier molecular flexibility index (Phi) is 11.2. The molecular weight excluding hydrogens is 455 g/mol. The van der Waals surface area contributed by atoms with Crippen molar-refractivity contribution in [3.05, 3.63) is 53.7 Å². The van der Waals surface area contributed by atoms with Gasteiger partial charge >= 0.3 is 0 Å². The number of nitrogens with zero attached hydrogens (tertiary/aromatic N) is 2. The second-order valence-electron chi connectivity index (χ2n) is 5.80. The summed E-state index contributed by atoms with van der Waals surface area (Å²) in [5.41, 5.74) is 2.13. The van der Waals surface area contributed by atoms with Crippen LogP contribution in [0.4, 0.5) is 0 Å². The molecule has 1 aromatic heterocycles. The molecule has 0 aliphatic carbocycles. The fourth-order valence-electron chi connectivity index (χ4n) is 2.37. The molecule has 0 saturated heterocycles. The summed E-state index contributed by atoms with van der Waals surface area (Å²) in [5.74, 6) is 2.24. The Balaban J connectivity index is 0.00000364. The van der Waals surface area contributed by atoms with Crippen LogP contribution in [0, 0.1) is 0 Å². The van der Waals surface area contributed by atoms with Gasteiger partial charge in [-0.1, -0.05) is 31.5 Å². The maximum atomic E-state index is 5.77. The minimum atomic E-state index is 0. The number of unbranched alkanes of at least 4 members (excludes halogenated alkanes) is 1. The Morgan fingerprint density at radius 1 is 1.15 bits per heavy atom. The third-order valence-electron chi connectivity index (χ3n) is 3.85. The molecule has 0 radical (unpaired) electrons. The van der Waals surface area contributed by atoms with E-state index < -0.39 is 0 Å². The van der Waals surface area contributed by atoms with Gasteiger partial charge in [-0.15, -0.1) is 24.0 Å². The number of hydrogen-bond donors (Lipinski definition) is 2. The highest BCUT2D eigenvalue weighted by atomic mass is 127. The van der Waals surface area contributed by atoms with E-state index in [1.807, 2.05) is 36.4 Å². The number of ether oxygens (including phenoxy) is 2. The van der Waals surface area contributed by atoms with Crippen LogP contribution in [0.15, 0.2) is 47.6 Å². The van der Waals surface area contributed by atoms with Crippen LogP contribution < -0.4 is 20.1 Å². The van der Waals surface area contributed by atoms with Crippen LogP contribution in [0.3, 0.4) is 0 Å². The minimum absolute atomic E-state index is 0. The molecule has 6 nitrogen and oxygen atoms in total. The van der Waals surface area contributed by atoms with Crippen LogP contribution in [0.5, 0.6) is 11.6 Å². The second kappa shape index (κ2) is 13.2. The lowest BCUT2D eigenvalue weighted by molar-refractivity contribution is 0.294. The van der Waals surface area contributed by atoms with Crippen LogP contribution in [-0.4, -0.2) is 31.7 Å². The van der Waals surface area contributed by atoms with Crippen LogP contribution in [0.25, 0.3) is 0 Å². The average Bonchev–Trinajstić information content (AvgIpc) is 2.69. The summed E-state index contributed by atoms with van der Waals surface area (Å²) in [5, 5.41) is 6.60. The predicted molar refractivity (Wildman–Crippen MR) is 120 cm³/mol. The molecule has 0 aliphatic heterocycles. The van der Waals surface area contributed by atoms with E-state index in [0.29, 0.717) is 25.6 Å². The van der Waals surface area contributed by atoms with Crippen molar-refractivity contribution in [1.82, 2.24) is 15.6 Å². The van der Waals surface area contributed by atoms with Gasteiger partial charge in [-0.05, 0) is 30.2 Å². The third kappa shape index (κ3) is 8.03. The number of aromatic nitrogens is 1. The maximum absolute atomic E-state index is 5.77. The van der Waals surface area contributed by atoms with E-state index in [1.165, 1.54) is 0 Å². The van der Waals surface area contributed by atoms with Crippen LogP contribution >= 0.6 is 24.0 Å². The summed E-state index contributed by atoms with van der Waals surface area (Å²) in [6.45, 7) is 4.07. The molecule has 7 heteroatoms. The number of benzene rings is 1. The normalized spacial score (nSPS) is 10.7. The van der Waals surface area contributed by atoms with Crippen molar-refractivity contribution in [2.24, 2.45) is 4.99 Å². The number of methoxy groups -OCH3 is 1. The highest BCUT2D eigenvalue weighted by molar-refractivity contribution is 14.0. The molecule has 0 spiro atoms. The van der Waals surface area contributed by atoms with Crippen molar-refractivity contribution in [1.29, 1.82) is 0 Å². The first-order valence-electron chi connectivity index (χ1n) is 8.91. The summed E-state index contributed by atoms with van der Waals surface area (Å²) < 4.78 is 11.0. The van der Waals surface area contributed by atoms with Crippen molar-refractivity contribution in [2.75, 3.05) is 20.8 Å². The van der Waals surface area contributed by atoms with E-state index in [9.17, 15) is 0 Å². The smallest absolute Gasteiger partial charge is 0.218 e. The number of rotatable bonds is 9. The maximum Gasteiger partial charge on any atom is 0.218 e. The molecule has 148 valence electrons. The van der Waals surface area contributed by atoms with E-state index in [-0.39, 0.29) is 24.0 Å². The van der Waals surface area contributed by atoms with Crippen LogP contribution in [0.1, 0.15) is 30.9 Å². The first-order chi connectivity index (χ1) is 12.8. The number of guanidine groups is 1. The highest BCUT2D eigenvalue weighted by Gasteiger charge is 2.06. The highest BCUT2D eigenvalue weighted by Crippen LogP contribution is 2.15. The Labute approximate surface area is 178 Å². The Morgan fingerprint density at radius 2 is 1.96 bits per heavy atom. The summed E-state index contributed by atoms with van der Waals surface area (Å²) in [6.07, 6.45) is 3.87. The second-order valence-corrected chi connectivity index (χ2v) is 5.80. The Morgan fingerprint density at radius 3 is 2.70 bits per heavy atom. The Hall–Kier alpha value is -2.03. The molecule has 0 bridgehead atoms. The summed E-state index contributed by atoms with van der Waals surface area (Å²) in [7, 11) is 3.42. The lowest BCUT2D eigenvalue weighted by atomic mass is 10.2. The van der Waals surface area contributed by atoms with Crippen molar-refractivity contribution in [3.63, 3.8) is 0 Å². The molecule has 1 aromatic carbocycles. The molecule has 0 aliphatic rings. The fourth-order valence-corrected chi connectivity index (χ4v) is 2.37. The first-order valence-corrected chi connectivity index (χ1v) is 8.91. The standard InChI is InChI=1S/C20H28N4O2.HI/c1-4-5-12-26-19-17(9-7-11-22-19)15-24-20(21-2)23-14-16-8-6-10-18(13-16)25-3;/h6-11,13H,4-5,12,14-15H2,1-3H3,(H2,21,23,24);1H. The molecule has 2 rings (SSSR count). The van der Waals surface area contributed by atoms with Gasteiger partial charge in [0.15, 0.2) is 5.96 Å². The van der Waals surface area contributed by atoms with Gasteiger partial charge in [0.25, 0.3) is 0 Å². The number of halogens is 1. The molecule has 0 amide bonds. The predicted octanol–water partition coefficient (Wildman–Crippen LogP) is 3.75. The van der Waals surface area contributed by atoms with E-state index in [2.05, 4.69) is 27.5 Å². The van der Waals surface area contributed by atoms with Gasteiger partial charge in [-0.25, -0.2) is 4.98 Å². The lowest BCUT2D eigenvalue weighted by Gasteiger charge is -2.14. The number of hydrogen-bond acceptors (Lipinski definition) is 4. The van der Waals surface area contributed by atoms with E-state index in [0.717, 1.165) is 35.7 Å². The summed E-state index contributed by atoms with van der Waals surface area (Å²) in [6, 6.07) is 11.9. The van der Waals surface area contributed by atoms with Crippen LogP contribution in [0.2, 0.25) is 0 Å². The molecule has 0 atom stereocenters. The van der Waals surface area contributed by atoms with Crippen molar-refractivity contribution in [2.45, 2.75) is 32.9 Å². The van der Waals surface area contributed by atoms with E-state index in [1.54, 1.807) is 20.4 Å². The zero-order valence-electron chi connectivity index (χ0n) is 16.2. The van der Waals surface area contributed by atoms with Gasteiger partial charge in [0.05, 0.1) is 13.7 Å². The number of nitrogens with one attached hydrogen (secondary N) is 2. The zero-order valence-corrected chi connectivity index (χ0v) is 18.5. The van der Waals surface area contributed by atoms with E-state index in [4.69, 9.17) is 9.47 Å². The molecule has 2 aromatic rings. The van der Waals surface area contributed by atoms with Crippen LogP contribution in [-0.2, 0) is 13.1 Å². The molecule has 0 fully saturated rings. The van der Waals surface area contributed by atoms with Gasteiger partial charge in [0, 0.05) is 31.9 Å². The first kappa shape index (κ1) is 23.0. The lowest BCUT2D eigenvalue weighted by Crippen LogP contribution is -2.36. The number of aliphatic imine (C=N–C) groups is 1. The minimum Gasteiger partial charge on any atom is -0.497 e. The summed E-state index contributed by atoms with van der Waals surface area (Å²) >= 11 is 0. The van der Waals surface area contributed by atoms with Gasteiger partial charge in [0.1, 0.15) is 5.75 Å². The third-order valence-corrected chi connectivity index (χ3v) is 3.85. The van der Waals surface area contributed by atoms with E-state index >= 15 is 0 Å². The van der Waals surface area contributed by atoms with Gasteiger partial charge in [-0.2, -0.15) is 0 Å². The van der Waals surface area contributed by atoms with Crippen molar-refractivity contribution < 1.29 is 9.47 Å². The van der Waals surface area contributed by atoms with Crippen molar-refractivity contribution >= 4 is 29.9 Å². The number of pyridine rings is 1. The Bertz CT molecular complexity index is 710. The monoisotopic (exact) mass is 484 g/mol.